The Morgan fingerprint density at radius 3 is 2.62 bits per heavy atom. The quantitative estimate of drug-likeness (QED) is 0.458. The summed E-state index contributed by atoms with van der Waals surface area (Å²) in [4.78, 5) is 18.5. The maximum Gasteiger partial charge on any atom is 0.510 e. The Hall–Kier alpha value is -1.32. The van der Waals surface area contributed by atoms with Crippen LogP contribution in [0.2, 0.25) is 0 Å². The zero-order chi connectivity index (χ0) is 9.84. The number of para-hydroxylation sites is 1. The molecule has 0 aliphatic heterocycles. The molecule has 1 aromatic rings. The minimum absolute atomic E-state index is 0.111. The molecule has 0 heterocycles. The van der Waals surface area contributed by atoms with Gasteiger partial charge in [0.1, 0.15) is 0 Å². The highest BCUT2D eigenvalue weighted by molar-refractivity contribution is 7.37. The van der Waals surface area contributed by atoms with Gasteiger partial charge in [-0.15, -0.1) is 0 Å². The number of rotatable bonds is 3. The molecule has 68 valence electrons. The van der Waals surface area contributed by atoms with E-state index in [0.717, 1.165) is 0 Å². The van der Waals surface area contributed by atoms with Crippen LogP contribution < -0.4 is 0 Å². The van der Waals surface area contributed by atoms with E-state index in [-0.39, 0.29) is 17.4 Å². The monoisotopic (exact) mass is 200 g/mol. The van der Waals surface area contributed by atoms with Crippen LogP contribution in [0.3, 0.4) is 0 Å². The van der Waals surface area contributed by atoms with Gasteiger partial charge in [-0.25, -0.2) is 0 Å². The van der Waals surface area contributed by atoms with Gasteiger partial charge in [-0.05, 0) is 10.6 Å². The van der Waals surface area contributed by atoms with Gasteiger partial charge in [0.05, 0.1) is 10.5 Å². The van der Waals surface area contributed by atoms with Crippen LogP contribution >= 0.6 is 8.03 Å². The fourth-order valence-electron chi connectivity index (χ4n) is 0.968. The van der Waals surface area contributed by atoms with Crippen LogP contribution in [0.25, 0.3) is 0 Å². The van der Waals surface area contributed by atoms with Gasteiger partial charge in [-0.2, -0.15) is 4.89 Å². The van der Waals surface area contributed by atoms with Gasteiger partial charge in [0.2, 0.25) is 6.16 Å². The summed E-state index contributed by atoms with van der Waals surface area (Å²) < 4.78 is 10.5. The normalized spacial score (nSPS) is 11.0. The third-order valence-electron chi connectivity index (χ3n) is 1.49. The second-order valence-electron chi connectivity index (χ2n) is 2.40. The average molecular weight is 200 g/mol. The summed E-state index contributed by atoms with van der Waals surface area (Å²) in [6.45, 7) is 0. The molecule has 0 saturated heterocycles. The molecule has 0 radical (unpaired) electrons. The third kappa shape index (κ3) is 2.57. The average Bonchev–Trinajstić information content (AvgIpc) is 2.03. The van der Waals surface area contributed by atoms with Crippen molar-refractivity contribution in [1.82, 2.24) is 0 Å². The Bertz CT molecular complexity index is 352. The molecule has 1 N–H and O–H groups in total. The predicted molar refractivity (Wildman–Crippen MR) is 46.6 cm³/mol. The van der Waals surface area contributed by atoms with Gasteiger partial charge >= 0.3 is 8.03 Å². The molecule has 0 aliphatic carbocycles. The van der Waals surface area contributed by atoms with Crippen LogP contribution in [0.15, 0.2) is 24.3 Å². The Labute approximate surface area is 75.0 Å². The topological polar surface area (TPSA) is 80.4 Å². The number of nitro benzene ring substituents is 1. The van der Waals surface area contributed by atoms with E-state index < -0.39 is 13.0 Å². The second kappa shape index (κ2) is 4.07. The van der Waals surface area contributed by atoms with E-state index in [0.29, 0.717) is 0 Å². The van der Waals surface area contributed by atoms with E-state index in [4.69, 9.17) is 4.89 Å². The zero-order valence-corrected chi connectivity index (χ0v) is 7.48. The van der Waals surface area contributed by atoms with Crippen molar-refractivity contribution in [3.63, 3.8) is 0 Å². The summed E-state index contributed by atoms with van der Waals surface area (Å²) >= 11 is 0. The molecule has 0 aromatic heterocycles. The zero-order valence-electron chi connectivity index (χ0n) is 6.58. The first-order valence-corrected chi connectivity index (χ1v) is 4.87. The molecule has 1 aromatic carbocycles. The maximum atomic E-state index is 10.5. The Balaban J connectivity index is 3.04. The van der Waals surface area contributed by atoms with Crippen LogP contribution in [0.4, 0.5) is 5.69 Å². The predicted octanol–water partition coefficient (Wildman–Crippen LogP) is 1.83. The molecule has 0 spiro atoms. The highest BCUT2D eigenvalue weighted by atomic mass is 31.1. The molecule has 0 fully saturated rings. The van der Waals surface area contributed by atoms with Crippen molar-refractivity contribution < 1.29 is 14.4 Å². The molecule has 13 heavy (non-hydrogen) atoms. The molecular weight excluding hydrogens is 193 g/mol. The van der Waals surface area contributed by atoms with Crippen molar-refractivity contribution in [3.05, 3.63) is 39.9 Å². The Morgan fingerprint density at radius 2 is 2.08 bits per heavy atom. The third-order valence-corrected chi connectivity index (χ3v) is 2.11. The van der Waals surface area contributed by atoms with Gasteiger partial charge in [0.15, 0.2) is 0 Å². The van der Waals surface area contributed by atoms with E-state index in [1.54, 1.807) is 6.07 Å². The van der Waals surface area contributed by atoms with E-state index in [9.17, 15) is 14.7 Å². The Morgan fingerprint density at radius 1 is 1.46 bits per heavy atom. The summed E-state index contributed by atoms with van der Waals surface area (Å²) in [5, 5.41) is 10.4. The standard InChI is InChI=1S/C7H6NO4P/c9-8(10)7-4-2-1-3-6(7)5-13(11)12/h1-4H,5H2/p+1. The summed E-state index contributed by atoms with van der Waals surface area (Å²) in [6, 6.07) is 5.91. The van der Waals surface area contributed by atoms with E-state index in [1.807, 2.05) is 0 Å². The summed E-state index contributed by atoms with van der Waals surface area (Å²) in [5.74, 6) is 0. The number of nitrogens with zero attached hydrogens (tertiary/aromatic N) is 1. The molecule has 1 rings (SSSR count). The molecule has 1 unspecified atom stereocenters. The second-order valence-corrected chi connectivity index (χ2v) is 3.42. The number of benzene rings is 1. The van der Waals surface area contributed by atoms with Gasteiger partial charge in [0.25, 0.3) is 5.69 Å². The van der Waals surface area contributed by atoms with Gasteiger partial charge in [-0.3, -0.25) is 10.1 Å². The molecule has 0 saturated carbocycles. The van der Waals surface area contributed by atoms with E-state index >= 15 is 0 Å². The number of hydrogen-bond donors (Lipinski definition) is 1. The molecular formula is C7H7NO4P+. The molecule has 5 nitrogen and oxygen atoms in total. The van der Waals surface area contributed by atoms with Crippen molar-refractivity contribution >= 4 is 13.7 Å². The first kappa shape index (κ1) is 9.77. The van der Waals surface area contributed by atoms with Gasteiger partial charge in [-0.1, -0.05) is 12.1 Å². The smallest absolute Gasteiger partial charge is 0.258 e. The lowest BCUT2D eigenvalue weighted by atomic mass is 10.2. The van der Waals surface area contributed by atoms with Crippen LogP contribution in [-0.2, 0) is 10.7 Å². The SMILES string of the molecule is O=[N+]([O-])c1ccccc1C[P+](=O)O. The van der Waals surface area contributed by atoms with Crippen molar-refractivity contribution in [1.29, 1.82) is 0 Å². The fourth-order valence-corrected chi connectivity index (χ4v) is 1.53. The summed E-state index contributed by atoms with van der Waals surface area (Å²) in [6.07, 6.45) is -0.174. The lowest BCUT2D eigenvalue weighted by molar-refractivity contribution is -0.385. The van der Waals surface area contributed by atoms with Crippen LogP contribution in [-0.4, -0.2) is 9.82 Å². The van der Waals surface area contributed by atoms with Crippen LogP contribution in [0, 0.1) is 10.1 Å². The van der Waals surface area contributed by atoms with Crippen LogP contribution in [0.1, 0.15) is 5.56 Å². The first-order chi connectivity index (χ1) is 6.11. The van der Waals surface area contributed by atoms with Gasteiger partial charge < -0.3 is 0 Å². The van der Waals surface area contributed by atoms with E-state index in [1.165, 1.54) is 18.2 Å². The van der Waals surface area contributed by atoms with Crippen molar-refractivity contribution in [2.75, 3.05) is 0 Å². The largest absolute Gasteiger partial charge is 0.510 e. The van der Waals surface area contributed by atoms with Crippen molar-refractivity contribution in [2.24, 2.45) is 0 Å². The molecule has 0 aliphatic rings. The fraction of sp³-hybridized carbons (Fsp3) is 0.143. The summed E-state index contributed by atoms with van der Waals surface area (Å²) in [5.41, 5.74) is 0.177. The summed E-state index contributed by atoms with van der Waals surface area (Å²) in [7, 11) is -2.37. The first-order valence-electron chi connectivity index (χ1n) is 3.47. The van der Waals surface area contributed by atoms with E-state index in [2.05, 4.69) is 0 Å². The van der Waals surface area contributed by atoms with Crippen molar-refractivity contribution in [3.8, 4) is 0 Å². The molecule has 0 amide bonds. The minimum atomic E-state index is -2.37. The number of hydrogen-bond acceptors (Lipinski definition) is 3. The molecule has 6 heteroatoms. The molecule has 0 bridgehead atoms. The maximum absolute atomic E-state index is 10.5. The minimum Gasteiger partial charge on any atom is -0.258 e. The lowest BCUT2D eigenvalue weighted by Crippen LogP contribution is -1.93. The highest BCUT2D eigenvalue weighted by Gasteiger charge is 2.20. The van der Waals surface area contributed by atoms with Crippen molar-refractivity contribution in [2.45, 2.75) is 6.16 Å². The number of nitro groups is 1. The highest BCUT2D eigenvalue weighted by Crippen LogP contribution is 2.27. The van der Waals surface area contributed by atoms with Crippen LogP contribution in [0.5, 0.6) is 0 Å². The molecule has 1 atom stereocenters. The Kier molecular flexibility index (Phi) is 3.06. The lowest BCUT2D eigenvalue weighted by Gasteiger charge is -1.93. The van der Waals surface area contributed by atoms with Gasteiger partial charge in [0, 0.05) is 6.07 Å².